The molecule has 0 saturated carbocycles. The number of ether oxygens (including phenoxy) is 1. The normalized spacial score (nSPS) is 11.7. The van der Waals surface area contributed by atoms with Gasteiger partial charge in [0.2, 0.25) is 0 Å². The molecule has 0 saturated heterocycles. The number of fused-ring (bicyclic) bond motifs is 1. The summed E-state index contributed by atoms with van der Waals surface area (Å²) in [6, 6.07) is 8.20. The number of imidazole rings is 1. The number of hydrogen-bond donors (Lipinski definition) is 3. The summed E-state index contributed by atoms with van der Waals surface area (Å²) in [6.45, 7) is 3.62. The van der Waals surface area contributed by atoms with Gasteiger partial charge in [-0.15, -0.1) is 0 Å². The van der Waals surface area contributed by atoms with E-state index in [-0.39, 0.29) is 22.9 Å². The van der Waals surface area contributed by atoms with Gasteiger partial charge in [-0.05, 0) is 49.2 Å². The number of nitrogens with zero attached hydrogens (tertiary/aromatic N) is 1. The Bertz CT molecular complexity index is 1130. The van der Waals surface area contributed by atoms with E-state index in [0.717, 1.165) is 0 Å². The van der Waals surface area contributed by atoms with Crippen molar-refractivity contribution < 1.29 is 23.1 Å². The lowest BCUT2D eigenvalue weighted by Crippen LogP contribution is -2.24. The van der Waals surface area contributed by atoms with E-state index < -0.39 is 15.8 Å². The lowest BCUT2D eigenvalue weighted by Gasteiger charge is -2.13. The summed E-state index contributed by atoms with van der Waals surface area (Å²) in [4.78, 5) is 18.8. The van der Waals surface area contributed by atoms with Gasteiger partial charge in [0.15, 0.2) is 9.84 Å². The number of H-pyrrole nitrogens is 1. The predicted molar refractivity (Wildman–Crippen MR) is 104 cm³/mol. The van der Waals surface area contributed by atoms with Gasteiger partial charge in [-0.3, -0.25) is 5.32 Å². The lowest BCUT2D eigenvalue weighted by atomic mass is 10.1. The SMILES string of the molecule is COc1cc(C)c(S(=O)(=O)CNCc2nc3c(C(=O)O)cccc3[nH]2)c(C)c1. The monoisotopic (exact) mass is 403 g/mol. The Labute approximate surface area is 162 Å². The van der Waals surface area contributed by atoms with Gasteiger partial charge >= 0.3 is 5.97 Å². The molecule has 0 aliphatic rings. The fourth-order valence-corrected chi connectivity index (χ4v) is 4.85. The van der Waals surface area contributed by atoms with Crippen LogP contribution in [0.5, 0.6) is 5.75 Å². The molecule has 0 unspecified atom stereocenters. The van der Waals surface area contributed by atoms with Crippen molar-refractivity contribution >= 4 is 26.8 Å². The highest BCUT2D eigenvalue weighted by atomic mass is 32.2. The first-order chi connectivity index (χ1) is 13.2. The van der Waals surface area contributed by atoms with Crippen molar-refractivity contribution in [2.24, 2.45) is 0 Å². The molecular formula is C19H21N3O5S. The van der Waals surface area contributed by atoms with Crippen molar-refractivity contribution in [3.05, 3.63) is 52.8 Å². The van der Waals surface area contributed by atoms with Gasteiger partial charge in [0.05, 0.1) is 29.6 Å². The number of carboxylic acids is 1. The van der Waals surface area contributed by atoms with Crippen LogP contribution in [-0.4, -0.2) is 42.4 Å². The number of methoxy groups -OCH3 is 1. The highest BCUT2D eigenvalue weighted by Crippen LogP contribution is 2.26. The Balaban J connectivity index is 1.77. The smallest absolute Gasteiger partial charge is 0.337 e. The molecular weight excluding hydrogens is 382 g/mol. The zero-order valence-corrected chi connectivity index (χ0v) is 16.6. The number of hydrogen-bond acceptors (Lipinski definition) is 6. The van der Waals surface area contributed by atoms with Gasteiger partial charge in [0.25, 0.3) is 0 Å². The summed E-state index contributed by atoms with van der Waals surface area (Å²) in [5.41, 5.74) is 2.26. The first kappa shape index (κ1) is 19.8. The maximum absolute atomic E-state index is 12.8. The van der Waals surface area contributed by atoms with Crippen molar-refractivity contribution in [2.45, 2.75) is 25.3 Å². The number of benzene rings is 2. The number of aromatic amines is 1. The van der Waals surface area contributed by atoms with Crippen LogP contribution in [-0.2, 0) is 16.4 Å². The van der Waals surface area contributed by atoms with Crippen molar-refractivity contribution in [3.63, 3.8) is 0 Å². The lowest BCUT2D eigenvalue weighted by molar-refractivity contribution is 0.0699. The molecule has 3 rings (SSSR count). The molecule has 0 bridgehead atoms. The third-order valence-corrected chi connectivity index (χ3v) is 6.21. The summed E-state index contributed by atoms with van der Waals surface area (Å²) in [5.74, 6) is -0.269. The minimum atomic E-state index is -3.57. The molecule has 0 aliphatic carbocycles. The zero-order chi connectivity index (χ0) is 20.5. The summed E-state index contributed by atoms with van der Waals surface area (Å²) >= 11 is 0. The highest BCUT2D eigenvalue weighted by Gasteiger charge is 2.21. The van der Waals surface area contributed by atoms with E-state index in [1.54, 1.807) is 38.1 Å². The van der Waals surface area contributed by atoms with Crippen LogP contribution in [0.2, 0.25) is 0 Å². The number of para-hydroxylation sites is 1. The number of aromatic nitrogens is 2. The van der Waals surface area contributed by atoms with Gasteiger partial charge in [-0.2, -0.15) is 0 Å². The van der Waals surface area contributed by atoms with E-state index in [1.165, 1.54) is 13.2 Å². The summed E-state index contributed by atoms with van der Waals surface area (Å²) in [5, 5.41) is 12.1. The van der Waals surface area contributed by atoms with Gasteiger partial charge < -0.3 is 14.8 Å². The summed E-state index contributed by atoms with van der Waals surface area (Å²) in [7, 11) is -2.04. The molecule has 2 aromatic carbocycles. The quantitative estimate of drug-likeness (QED) is 0.554. The van der Waals surface area contributed by atoms with Crippen LogP contribution >= 0.6 is 0 Å². The Morgan fingerprint density at radius 2 is 1.93 bits per heavy atom. The molecule has 8 nitrogen and oxygen atoms in total. The minimum absolute atomic E-state index is 0.0945. The minimum Gasteiger partial charge on any atom is -0.497 e. The first-order valence-corrected chi connectivity index (χ1v) is 10.2. The molecule has 28 heavy (non-hydrogen) atoms. The van der Waals surface area contributed by atoms with Crippen LogP contribution in [0.1, 0.15) is 27.3 Å². The first-order valence-electron chi connectivity index (χ1n) is 8.52. The van der Waals surface area contributed by atoms with E-state index in [0.29, 0.717) is 33.7 Å². The highest BCUT2D eigenvalue weighted by molar-refractivity contribution is 7.91. The van der Waals surface area contributed by atoms with Crippen molar-refractivity contribution in [2.75, 3.05) is 13.0 Å². The molecule has 0 amide bonds. The second kappa shape index (κ2) is 7.61. The van der Waals surface area contributed by atoms with Crippen molar-refractivity contribution in [1.29, 1.82) is 0 Å². The van der Waals surface area contributed by atoms with Crippen molar-refractivity contribution in [1.82, 2.24) is 15.3 Å². The molecule has 0 radical (unpaired) electrons. The van der Waals surface area contributed by atoms with Gasteiger partial charge in [0.1, 0.15) is 23.0 Å². The molecule has 0 aliphatic heterocycles. The molecule has 1 heterocycles. The second-order valence-corrected chi connectivity index (χ2v) is 8.39. The second-order valence-electron chi connectivity index (χ2n) is 6.47. The average molecular weight is 403 g/mol. The number of carbonyl (C=O) groups is 1. The molecule has 3 aromatic rings. The maximum atomic E-state index is 12.8. The number of aromatic carboxylic acids is 1. The van der Waals surface area contributed by atoms with Gasteiger partial charge in [0, 0.05) is 0 Å². The third-order valence-electron chi connectivity index (χ3n) is 4.36. The zero-order valence-electron chi connectivity index (χ0n) is 15.7. The average Bonchev–Trinajstić information content (AvgIpc) is 3.02. The number of nitrogens with one attached hydrogen (secondary N) is 2. The maximum Gasteiger partial charge on any atom is 0.337 e. The van der Waals surface area contributed by atoms with Crippen LogP contribution in [0.3, 0.4) is 0 Å². The van der Waals surface area contributed by atoms with E-state index in [4.69, 9.17) is 4.74 Å². The van der Waals surface area contributed by atoms with E-state index in [9.17, 15) is 18.3 Å². The molecule has 9 heteroatoms. The van der Waals surface area contributed by atoms with Gasteiger partial charge in [-0.25, -0.2) is 18.2 Å². The molecule has 0 atom stereocenters. The van der Waals surface area contributed by atoms with E-state index in [2.05, 4.69) is 15.3 Å². The van der Waals surface area contributed by atoms with Gasteiger partial charge in [-0.1, -0.05) is 6.07 Å². The third kappa shape index (κ3) is 3.85. The standard InChI is InChI=1S/C19H21N3O5S/c1-11-7-13(27-3)8-12(2)18(11)28(25,26)10-20-9-16-21-15-6-4-5-14(19(23)24)17(15)22-16/h4-8,20H,9-10H2,1-3H3,(H,21,22)(H,23,24). The molecule has 148 valence electrons. The van der Waals surface area contributed by atoms with Crippen LogP contribution < -0.4 is 10.1 Å². The Kier molecular flexibility index (Phi) is 5.39. The van der Waals surface area contributed by atoms with E-state index in [1.807, 2.05) is 0 Å². The van der Waals surface area contributed by atoms with Crippen LogP contribution in [0.4, 0.5) is 0 Å². The summed E-state index contributed by atoms with van der Waals surface area (Å²) in [6.07, 6.45) is 0. The summed E-state index contributed by atoms with van der Waals surface area (Å²) < 4.78 is 30.7. The number of rotatable bonds is 7. The molecule has 1 aromatic heterocycles. The molecule has 3 N–H and O–H groups in total. The van der Waals surface area contributed by atoms with E-state index >= 15 is 0 Å². The molecule has 0 spiro atoms. The Hall–Kier alpha value is -2.91. The number of aryl methyl sites for hydroxylation is 2. The number of sulfone groups is 1. The fourth-order valence-electron chi connectivity index (χ4n) is 3.23. The fraction of sp³-hybridized carbons (Fsp3) is 0.263. The van der Waals surface area contributed by atoms with Crippen LogP contribution in [0, 0.1) is 13.8 Å². The van der Waals surface area contributed by atoms with Crippen molar-refractivity contribution in [3.8, 4) is 5.75 Å². The van der Waals surface area contributed by atoms with Crippen LogP contribution in [0.15, 0.2) is 35.2 Å². The number of carboxylic acid groups (broad SMARTS) is 1. The largest absolute Gasteiger partial charge is 0.497 e. The predicted octanol–water partition coefficient (Wildman–Crippen LogP) is 2.41. The van der Waals surface area contributed by atoms with Crippen LogP contribution in [0.25, 0.3) is 11.0 Å². The molecule has 0 fully saturated rings. The topological polar surface area (TPSA) is 121 Å². The Morgan fingerprint density at radius 3 is 2.54 bits per heavy atom. The Morgan fingerprint density at radius 1 is 1.25 bits per heavy atom.